The highest BCUT2D eigenvalue weighted by atomic mass is 16.3. The molecule has 1 aliphatic heterocycles. The van der Waals surface area contributed by atoms with E-state index >= 15 is 0 Å². The summed E-state index contributed by atoms with van der Waals surface area (Å²) in [5, 5.41) is 9.24. The van der Waals surface area contributed by atoms with Crippen molar-refractivity contribution < 1.29 is 5.11 Å². The van der Waals surface area contributed by atoms with Crippen LogP contribution in [0.3, 0.4) is 0 Å². The number of hydrogen-bond donors (Lipinski definition) is 1. The zero-order valence-corrected chi connectivity index (χ0v) is 9.19. The summed E-state index contributed by atoms with van der Waals surface area (Å²) in [7, 11) is 0. The van der Waals surface area contributed by atoms with Gasteiger partial charge in [0.05, 0.1) is 6.61 Å². The minimum Gasteiger partial charge on any atom is -0.392 e. The Hall–Kier alpha value is -1.09. The first-order valence-electron chi connectivity index (χ1n) is 5.63. The van der Waals surface area contributed by atoms with Crippen molar-refractivity contribution in [2.45, 2.75) is 26.4 Å². The molecule has 1 atom stereocenters. The van der Waals surface area contributed by atoms with Gasteiger partial charge in [0.2, 0.25) is 0 Å². The number of hydrogen-bond acceptors (Lipinski definition) is 3. The van der Waals surface area contributed by atoms with Crippen molar-refractivity contribution in [1.82, 2.24) is 4.98 Å². The highest BCUT2D eigenvalue weighted by molar-refractivity contribution is 5.52. The van der Waals surface area contributed by atoms with Crippen LogP contribution in [0.15, 0.2) is 18.5 Å². The van der Waals surface area contributed by atoms with Crippen LogP contribution in [0.1, 0.15) is 25.3 Å². The number of aliphatic hydroxyl groups excluding tert-OH is 1. The van der Waals surface area contributed by atoms with Crippen molar-refractivity contribution >= 4 is 5.69 Å². The van der Waals surface area contributed by atoms with E-state index in [2.05, 4.69) is 16.8 Å². The molecule has 0 bridgehead atoms. The Labute approximate surface area is 90.8 Å². The minimum absolute atomic E-state index is 0.0798. The van der Waals surface area contributed by atoms with E-state index in [-0.39, 0.29) is 6.61 Å². The van der Waals surface area contributed by atoms with Gasteiger partial charge in [0.25, 0.3) is 0 Å². The molecule has 1 aromatic rings. The molecule has 1 aromatic heterocycles. The van der Waals surface area contributed by atoms with Crippen LogP contribution >= 0.6 is 0 Å². The van der Waals surface area contributed by atoms with Gasteiger partial charge in [-0.3, -0.25) is 4.98 Å². The molecule has 0 amide bonds. The maximum Gasteiger partial charge on any atom is 0.0717 e. The summed E-state index contributed by atoms with van der Waals surface area (Å²) >= 11 is 0. The monoisotopic (exact) mass is 206 g/mol. The van der Waals surface area contributed by atoms with Crippen LogP contribution in [-0.2, 0) is 6.61 Å². The Morgan fingerprint density at radius 3 is 3.13 bits per heavy atom. The molecular weight excluding hydrogens is 188 g/mol. The Balaban J connectivity index is 2.16. The van der Waals surface area contributed by atoms with E-state index in [1.165, 1.54) is 12.8 Å². The molecule has 82 valence electrons. The number of pyridine rings is 1. The van der Waals surface area contributed by atoms with Gasteiger partial charge in [-0.2, -0.15) is 0 Å². The van der Waals surface area contributed by atoms with Crippen LogP contribution < -0.4 is 4.90 Å². The molecule has 15 heavy (non-hydrogen) atoms. The first kappa shape index (κ1) is 10.4. The number of nitrogens with zero attached hydrogens (tertiary/aromatic N) is 2. The molecule has 1 saturated heterocycles. The SMILES string of the molecule is CCC1CCN(c2ccncc2CO)C1. The van der Waals surface area contributed by atoms with Crippen molar-refractivity contribution in [3.8, 4) is 0 Å². The predicted molar refractivity (Wildman–Crippen MR) is 60.8 cm³/mol. The maximum absolute atomic E-state index is 9.24. The van der Waals surface area contributed by atoms with Gasteiger partial charge in [-0.05, 0) is 18.4 Å². The molecule has 0 aromatic carbocycles. The van der Waals surface area contributed by atoms with Crippen LogP contribution in [0, 0.1) is 5.92 Å². The fraction of sp³-hybridized carbons (Fsp3) is 0.583. The third kappa shape index (κ3) is 2.12. The molecule has 0 spiro atoms. The topological polar surface area (TPSA) is 36.4 Å². The maximum atomic E-state index is 9.24. The summed E-state index contributed by atoms with van der Waals surface area (Å²) in [6, 6.07) is 2.00. The van der Waals surface area contributed by atoms with E-state index in [4.69, 9.17) is 0 Å². The standard InChI is InChI=1S/C12H18N2O/c1-2-10-4-6-14(8-10)12-3-5-13-7-11(12)9-15/h3,5,7,10,15H,2,4,6,8-9H2,1H3. The summed E-state index contributed by atoms with van der Waals surface area (Å²) in [5.41, 5.74) is 2.10. The van der Waals surface area contributed by atoms with Crippen molar-refractivity contribution in [1.29, 1.82) is 0 Å². The van der Waals surface area contributed by atoms with Crippen LogP contribution in [0.2, 0.25) is 0 Å². The molecule has 2 rings (SSSR count). The fourth-order valence-corrected chi connectivity index (χ4v) is 2.23. The van der Waals surface area contributed by atoms with Crippen LogP contribution in [0.5, 0.6) is 0 Å². The normalized spacial score (nSPS) is 20.9. The summed E-state index contributed by atoms with van der Waals surface area (Å²) in [6.45, 7) is 4.55. The van der Waals surface area contributed by atoms with Crippen molar-refractivity contribution in [3.05, 3.63) is 24.0 Å². The van der Waals surface area contributed by atoms with E-state index in [0.29, 0.717) is 0 Å². The van der Waals surface area contributed by atoms with Crippen LogP contribution in [0.4, 0.5) is 5.69 Å². The van der Waals surface area contributed by atoms with Gasteiger partial charge in [0.15, 0.2) is 0 Å². The third-order valence-corrected chi connectivity index (χ3v) is 3.25. The van der Waals surface area contributed by atoms with Gasteiger partial charge < -0.3 is 10.0 Å². The molecule has 0 saturated carbocycles. The Kier molecular flexibility index (Phi) is 3.21. The molecule has 1 unspecified atom stereocenters. The van der Waals surface area contributed by atoms with Crippen LogP contribution in [-0.4, -0.2) is 23.2 Å². The van der Waals surface area contributed by atoms with Gasteiger partial charge >= 0.3 is 0 Å². The first-order valence-corrected chi connectivity index (χ1v) is 5.63. The van der Waals surface area contributed by atoms with Crippen molar-refractivity contribution in [3.63, 3.8) is 0 Å². The average molecular weight is 206 g/mol. The number of aliphatic hydroxyl groups is 1. The third-order valence-electron chi connectivity index (χ3n) is 3.25. The quantitative estimate of drug-likeness (QED) is 0.819. The lowest BCUT2D eigenvalue weighted by Gasteiger charge is -2.20. The van der Waals surface area contributed by atoms with Crippen molar-refractivity contribution in [2.75, 3.05) is 18.0 Å². The van der Waals surface area contributed by atoms with Crippen molar-refractivity contribution in [2.24, 2.45) is 5.92 Å². The summed E-state index contributed by atoms with van der Waals surface area (Å²) in [6.07, 6.45) is 6.07. The second-order valence-electron chi connectivity index (χ2n) is 4.17. The summed E-state index contributed by atoms with van der Waals surface area (Å²) in [4.78, 5) is 6.40. The number of aromatic nitrogens is 1. The molecule has 1 aliphatic rings. The highest BCUT2D eigenvalue weighted by Crippen LogP contribution is 2.27. The van der Waals surface area contributed by atoms with Gasteiger partial charge in [0, 0.05) is 36.7 Å². The average Bonchev–Trinajstić information content (AvgIpc) is 2.77. The van der Waals surface area contributed by atoms with E-state index in [0.717, 1.165) is 30.3 Å². The summed E-state index contributed by atoms with van der Waals surface area (Å²) in [5.74, 6) is 0.810. The molecule has 1 fully saturated rings. The minimum atomic E-state index is 0.0798. The predicted octanol–water partition coefficient (Wildman–Crippen LogP) is 1.81. The zero-order chi connectivity index (χ0) is 10.7. The van der Waals surface area contributed by atoms with Gasteiger partial charge in [0.1, 0.15) is 0 Å². The van der Waals surface area contributed by atoms with E-state index < -0.39 is 0 Å². The molecule has 3 heteroatoms. The second kappa shape index (κ2) is 4.62. The molecule has 0 radical (unpaired) electrons. The number of rotatable bonds is 3. The van der Waals surface area contributed by atoms with E-state index in [1.54, 1.807) is 12.4 Å². The first-order chi connectivity index (χ1) is 7.35. The number of anilines is 1. The van der Waals surface area contributed by atoms with Crippen LogP contribution in [0.25, 0.3) is 0 Å². The summed E-state index contributed by atoms with van der Waals surface area (Å²) < 4.78 is 0. The lowest BCUT2D eigenvalue weighted by atomic mass is 10.1. The Bertz CT molecular complexity index is 327. The molecule has 0 aliphatic carbocycles. The van der Waals surface area contributed by atoms with Gasteiger partial charge in [-0.15, -0.1) is 0 Å². The van der Waals surface area contributed by atoms with E-state index in [9.17, 15) is 5.11 Å². The smallest absolute Gasteiger partial charge is 0.0717 e. The molecular formula is C12H18N2O. The highest BCUT2D eigenvalue weighted by Gasteiger charge is 2.22. The van der Waals surface area contributed by atoms with Gasteiger partial charge in [-0.1, -0.05) is 13.3 Å². The molecule has 1 N–H and O–H groups in total. The lowest BCUT2D eigenvalue weighted by Crippen LogP contribution is -2.21. The zero-order valence-electron chi connectivity index (χ0n) is 9.19. The fourth-order valence-electron chi connectivity index (χ4n) is 2.23. The van der Waals surface area contributed by atoms with Gasteiger partial charge in [-0.25, -0.2) is 0 Å². The Morgan fingerprint density at radius 1 is 1.60 bits per heavy atom. The Morgan fingerprint density at radius 2 is 2.47 bits per heavy atom. The van der Waals surface area contributed by atoms with E-state index in [1.807, 2.05) is 6.07 Å². The second-order valence-corrected chi connectivity index (χ2v) is 4.17. The molecule has 2 heterocycles. The largest absolute Gasteiger partial charge is 0.392 e. The lowest BCUT2D eigenvalue weighted by molar-refractivity contribution is 0.281. The molecule has 3 nitrogen and oxygen atoms in total.